The first-order chi connectivity index (χ1) is 10.0. The van der Waals surface area contributed by atoms with E-state index in [4.69, 9.17) is 5.84 Å². The normalized spacial score (nSPS) is 19.0. The number of hydrazine groups is 1. The number of nitrogens with one attached hydrogen (secondary N) is 2. The van der Waals surface area contributed by atoms with Gasteiger partial charge in [0.05, 0.1) is 11.3 Å². The molecular weight excluding hydrogens is 264 g/mol. The molecule has 116 valence electrons. The molecule has 5 heteroatoms. The molecule has 1 amide bonds. The first-order valence-electron chi connectivity index (χ1n) is 7.60. The summed E-state index contributed by atoms with van der Waals surface area (Å²) in [4.78, 5) is 14.7. The minimum Gasteiger partial charge on any atom is -0.352 e. The van der Waals surface area contributed by atoms with E-state index >= 15 is 0 Å². The van der Waals surface area contributed by atoms with Gasteiger partial charge >= 0.3 is 0 Å². The molecule has 1 saturated heterocycles. The van der Waals surface area contributed by atoms with Gasteiger partial charge < -0.3 is 15.6 Å². The van der Waals surface area contributed by atoms with Gasteiger partial charge in [0, 0.05) is 19.1 Å². The smallest absolute Gasteiger partial charge is 0.253 e. The predicted octanol–water partition coefficient (Wildman–Crippen LogP) is 1.74. The molecule has 1 fully saturated rings. The van der Waals surface area contributed by atoms with Crippen molar-refractivity contribution in [2.45, 2.75) is 33.2 Å². The van der Waals surface area contributed by atoms with E-state index in [-0.39, 0.29) is 5.91 Å². The summed E-state index contributed by atoms with van der Waals surface area (Å²) in [6.07, 6.45) is 1.15. The van der Waals surface area contributed by atoms with Crippen LogP contribution in [0.2, 0.25) is 0 Å². The number of hydrogen-bond acceptors (Lipinski definition) is 4. The highest BCUT2D eigenvalue weighted by Crippen LogP contribution is 2.19. The van der Waals surface area contributed by atoms with Crippen molar-refractivity contribution in [1.82, 2.24) is 10.2 Å². The largest absolute Gasteiger partial charge is 0.352 e. The van der Waals surface area contributed by atoms with E-state index in [0.29, 0.717) is 23.2 Å². The number of benzene rings is 1. The predicted molar refractivity (Wildman–Crippen MR) is 86.1 cm³/mol. The maximum absolute atomic E-state index is 12.3. The van der Waals surface area contributed by atoms with Gasteiger partial charge in [-0.1, -0.05) is 6.07 Å². The van der Waals surface area contributed by atoms with Crippen LogP contribution in [0.3, 0.4) is 0 Å². The lowest BCUT2D eigenvalue weighted by molar-refractivity contribution is 0.0948. The molecule has 5 nitrogen and oxygen atoms in total. The van der Waals surface area contributed by atoms with Crippen molar-refractivity contribution >= 4 is 11.6 Å². The number of amides is 1. The van der Waals surface area contributed by atoms with Crippen LogP contribution < -0.4 is 16.6 Å². The summed E-state index contributed by atoms with van der Waals surface area (Å²) in [7, 11) is 0. The average Bonchev–Trinajstić information content (AvgIpc) is 2.93. The van der Waals surface area contributed by atoms with Crippen LogP contribution in [0.4, 0.5) is 5.69 Å². The molecule has 1 aromatic carbocycles. The van der Waals surface area contributed by atoms with Crippen molar-refractivity contribution in [3.05, 3.63) is 29.3 Å². The fourth-order valence-electron chi connectivity index (χ4n) is 2.81. The lowest BCUT2D eigenvalue weighted by Gasteiger charge is -2.20. The SMILES string of the molecule is Cc1ccc(C(=O)NCC2CCN(C(C)C)C2)c(NN)c1. The number of nitrogen functional groups attached to an aromatic ring is 1. The molecule has 1 aromatic rings. The minimum atomic E-state index is -0.0639. The molecule has 2 rings (SSSR count). The Kier molecular flexibility index (Phi) is 5.20. The van der Waals surface area contributed by atoms with E-state index < -0.39 is 0 Å². The summed E-state index contributed by atoms with van der Waals surface area (Å²) < 4.78 is 0. The molecule has 1 aliphatic rings. The zero-order valence-electron chi connectivity index (χ0n) is 13.1. The zero-order valence-corrected chi connectivity index (χ0v) is 13.1. The van der Waals surface area contributed by atoms with Crippen LogP contribution >= 0.6 is 0 Å². The van der Waals surface area contributed by atoms with Gasteiger partial charge in [-0.2, -0.15) is 0 Å². The Morgan fingerprint density at radius 3 is 2.86 bits per heavy atom. The highest BCUT2D eigenvalue weighted by atomic mass is 16.1. The van der Waals surface area contributed by atoms with Gasteiger partial charge in [0.25, 0.3) is 5.91 Å². The topological polar surface area (TPSA) is 70.4 Å². The van der Waals surface area contributed by atoms with Crippen LogP contribution in [0.25, 0.3) is 0 Å². The molecule has 1 heterocycles. The van der Waals surface area contributed by atoms with Crippen molar-refractivity contribution < 1.29 is 4.79 Å². The number of carbonyl (C=O) groups excluding carboxylic acids is 1. The maximum atomic E-state index is 12.3. The average molecular weight is 290 g/mol. The molecule has 0 radical (unpaired) electrons. The van der Waals surface area contributed by atoms with Crippen LogP contribution in [0.5, 0.6) is 0 Å². The van der Waals surface area contributed by atoms with Gasteiger partial charge in [-0.3, -0.25) is 10.6 Å². The van der Waals surface area contributed by atoms with Crippen LogP contribution in [0.1, 0.15) is 36.2 Å². The molecule has 0 aromatic heterocycles. The summed E-state index contributed by atoms with van der Waals surface area (Å²) in [5.41, 5.74) is 4.94. The van der Waals surface area contributed by atoms with E-state index in [1.165, 1.54) is 0 Å². The van der Waals surface area contributed by atoms with Crippen molar-refractivity contribution in [3.63, 3.8) is 0 Å². The highest BCUT2D eigenvalue weighted by molar-refractivity contribution is 5.99. The number of carbonyl (C=O) groups is 1. The van der Waals surface area contributed by atoms with Gasteiger partial charge in [0.1, 0.15) is 0 Å². The highest BCUT2D eigenvalue weighted by Gasteiger charge is 2.24. The Morgan fingerprint density at radius 1 is 1.48 bits per heavy atom. The van der Waals surface area contributed by atoms with Gasteiger partial charge in [-0.15, -0.1) is 0 Å². The fraction of sp³-hybridized carbons (Fsp3) is 0.562. The zero-order chi connectivity index (χ0) is 15.4. The van der Waals surface area contributed by atoms with E-state index in [2.05, 4.69) is 29.5 Å². The second-order valence-electron chi connectivity index (χ2n) is 6.15. The van der Waals surface area contributed by atoms with Gasteiger partial charge in [-0.05, 0) is 57.4 Å². The van der Waals surface area contributed by atoms with Crippen molar-refractivity contribution in [2.75, 3.05) is 25.1 Å². The third-order valence-electron chi connectivity index (χ3n) is 4.17. The molecule has 0 bridgehead atoms. The Hall–Kier alpha value is -1.59. The Bertz CT molecular complexity index is 501. The number of nitrogens with zero attached hydrogens (tertiary/aromatic N) is 1. The first-order valence-corrected chi connectivity index (χ1v) is 7.60. The lowest BCUT2D eigenvalue weighted by Crippen LogP contribution is -2.33. The number of hydrogen-bond donors (Lipinski definition) is 3. The molecule has 1 atom stereocenters. The number of likely N-dealkylation sites (tertiary alicyclic amines) is 1. The molecular formula is C16H26N4O. The van der Waals surface area contributed by atoms with E-state index in [0.717, 1.165) is 31.6 Å². The monoisotopic (exact) mass is 290 g/mol. The molecule has 21 heavy (non-hydrogen) atoms. The third-order valence-corrected chi connectivity index (χ3v) is 4.17. The summed E-state index contributed by atoms with van der Waals surface area (Å²) in [5, 5.41) is 3.03. The summed E-state index contributed by atoms with van der Waals surface area (Å²) >= 11 is 0. The van der Waals surface area contributed by atoms with Crippen LogP contribution in [-0.2, 0) is 0 Å². The van der Waals surface area contributed by atoms with Gasteiger partial charge in [-0.25, -0.2) is 0 Å². The summed E-state index contributed by atoms with van der Waals surface area (Å²) in [5.74, 6) is 5.96. The van der Waals surface area contributed by atoms with Gasteiger partial charge in [0.15, 0.2) is 0 Å². The lowest BCUT2D eigenvalue weighted by atomic mass is 10.1. The maximum Gasteiger partial charge on any atom is 0.253 e. The molecule has 1 aliphatic heterocycles. The van der Waals surface area contributed by atoms with Crippen molar-refractivity contribution in [2.24, 2.45) is 11.8 Å². The molecule has 4 N–H and O–H groups in total. The number of nitrogens with two attached hydrogens (primary N) is 1. The minimum absolute atomic E-state index is 0.0639. The Balaban J connectivity index is 1.91. The fourth-order valence-corrected chi connectivity index (χ4v) is 2.81. The second kappa shape index (κ2) is 6.91. The number of anilines is 1. The van der Waals surface area contributed by atoms with E-state index in [1.54, 1.807) is 0 Å². The van der Waals surface area contributed by atoms with Gasteiger partial charge in [0.2, 0.25) is 0 Å². The molecule has 0 aliphatic carbocycles. The van der Waals surface area contributed by atoms with E-state index in [9.17, 15) is 4.79 Å². The molecule has 0 spiro atoms. The molecule has 1 unspecified atom stereocenters. The Labute approximate surface area is 126 Å². The van der Waals surface area contributed by atoms with Crippen molar-refractivity contribution in [3.8, 4) is 0 Å². The number of aryl methyl sites for hydroxylation is 1. The van der Waals surface area contributed by atoms with Crippen LogP contribution in [0, 0.1) is 12.8 Å². The quantitative estimate of drug-likeness (QED) is 0.571. The van der Waals surface area contributed by atoms with Crippen LogP contribution in [-0.4, -0.2) is 36.5 Å². The second-order valence-corrected chi connectivity index (χ2v) is 6.15. The summed E-state index contributed by atoms with van der Waals surface area (Å²) in [6.45, 7) is 9.31. The Morgan fingerprint density at radius 2 is 2.24 bits per heavy atom. The first kappa shape index (κ1) is 15.8. The standard InChI is InChI=1S/C16H26N4O/c1-11(2)20-7-6-13(10-20)9-18-16(21)14-5-4-12(3)8-15(14)19-17/h4-5,8,11,13,19H,6-7,9-10,17H2,1-3H3,(H,18,21). The summed E-state index contributed by atoms with van der Waals surface area (Å²) in [6, 6.07) is 6.20. The molecule has 0 saturated carbocycles. The van der Waals surface area contributed by atoms with E-state index in [1.807, 2.05) is 25.1 Å². The van der Waals surface area contributed by atoms with Crippen LogP contribution in [0.15, 0.2) is 18.2 Å². The third kappa shape index (κ3) is 3.95. The van der Waals surface area contributed by atoms with Crippen molar-refractivity contribution in [1.29, 1.82) is 0 Å². The number of rotatable bonds is 5.